The second-order valence-corrected chi connectivity index (χ2v) is 6.55. The number of rotatable bonds is 6. The molecule has 132 valence electrons. The lowest BCUT2D eigenvalue weighted by Gasteiger charge is -2.24. The van der Waals surface area contributed by atoms with Crippen molar-refractivity contribution in [1.82, 2.24) is 4.90 Å². The first kappa shape index (κ1) is 18.5. The van der Waals surface area contributed by atoms with E-state index in [1.54, 1.807) is 38.4 Å². The van der Waals surface area contributed by atoms with Gasteiger partial charge in [0.25, 0.3) is 5.91 Å². The number of likely N-dealkylation sites (N-methyl/N-ethyl adjacent to an activating group) is 1. The second kappa shape index (κ2) is 7.83. The fourth-order valence-corrected chi connectivity index (χ4v) is 2.18. The van der Waals surface area contributed by atoms with Gasteiger partial charge >= 0.3 is 0 Å². The zero-order valence-corrected chi connectivity index (χ0v) is 15.1. The molecule has 0 aliphatic rings. The summed E-state index contributed by atoms with van der Waals surface area (Å²) < 4.78 is 5.42. The molecule has 0 spiro atoms. The molecule has 0 aromatic heterocycles. The summed E-state index contributed by atoms with van der Waals surface area (Å²) in [7, 11) is 3.36. The summed E-state index contributed by atoms with van der Waals surface area (Å²) in [6.45, 7) is 3.77. The van der Waals surface area contributed by atoms with Crippen LogP contribution in [0.1, 0.15) is 19.4 Å². The van der Waals surface area contributed by atoms with Crippen molar-refractivity contribution in [2.24, 2.45) is 0 Å². The summed E-state index contributed by atoms with van der Waals surface area (Å²) in [6.07, 6.45) is 0. The summed E-state index contributed by atoms with van der Waals surface area (Å²) in [5, 5.41) is 2.92. The van der Waals surface area contributed by atoms with E-state index < -0.39 is 5.41 Å². The van der Waals surface area contributed by atoms with E-state index >= 15 is 0 Å². The van der Waals surface area contributed by atoms with Gasteiger partial charge in [0.05, 0.1) is 5.41 Å². The van der Waals surface area contributed by atoms with Crippen LogP contribution >= 0.6 is 0 Å². The molecule has 0 saturated heterocycles. The highest BCUT2D eigenvalue weighted by atomic mass is 16.5. The number of benzene rings is 2. The number of anilines is 1. The normalized spacial score (nSPS) is 10.9. The minimum Gasteiger partial charge on any atom is -0.484 e. The number of ether oxygens (including phenoxy) is 1. The van der Waals surface area contributed by atoms with Crippen LogP contribution in [0.15, 0.2) is 54.6 Å². The van der Waals surface area contributed by atoms with Crippen molar-refractivity contribution in [1.29, 1.82) is 0 Å². The van der Waals surface area contributed by atoms with Crippen LogP contribution in [0.25, 0.3) is 0 Å². The van der Waals surface area contributed by atoms with Crippen molar-refractivity contribution in [3.8, 4) is 5.75 Å². The Hall–Kier alpha value is -2.82. The van der Waals surface area contributed by atoms with Gasteiger partial charge in [0, 0.05) is 19.8 Å². The van der Waals surface area contributed by atoms with E-state index in [2.05, 4.69) is 5.32 Å². The molecule has 0 fully saturated rings. The first-order valence-electron chi connectivity index (χ1n) is 8.10. The number of carbonyl (C=O) groups excluding carboxylic acids is 2. The highest BCUT2D eigenvalue weighted by Crippen LogP contribution is 2.25. The standard InChI is InChI=1S/C20H24N2O3/c1-20(2,15-8-6-5-7-9-15)19(24)21-16-10-12-17(13-11-16)25-14-18(23)22(3)4/h5-13H,14H2,1-4H3,(H,21,24). The Morgan fingerprint density at radius 2 is 1.60 bits per heavy atom. The monoisotopic (exact) mass is 340 g/mol. The number of nitrogens with one attached hydrogen (secondary N) is 1. The van der Waals surface area contributed by atoms with Crippen molar-refractivity contribution < 1.29 is 14.3 Å². The first-order valence-corrected chi connectivity index (χ1v) is 8.10. The van der Waals surface area contributed by atoms with Crippen molar-refractivity contribution >= 4 is 17.5 Å². The lowest BCUT2D eigenvalue weighted by molar-refractivity contribution is -0.130. The van der Waals surface area contributed by atoms with E-state index in [4.69, 9.17) is 4.74 Å². The number of hydrogen-bond acceptors (Lipinski definition) is 3. The number of amides is 2. The van der Waals surface area contributed by atoms with Gasteiger partial charge in [-0.25, -0.2) is 0 Å². The molecule has 5 nitrogen and oxygen atoms in total. The minimum atomic E-state index is -0.644. The average molecular weight is 340 g/mol. The number of carbonyl (C=O) groups is 2. The van der Waals surface area contributed by atoms with E-state index in [9.17, 15) is 9.59 Å². The molecule has 1 N–H and O–H groups in total. The van der Waals surface area contributed by atoms with Crippen molar-refractivity contribution in [3.05, 3.63) is 60.2 Å². The van der Waals surface area contributed by atoms with Gasteiger partial charge in [0.1, 0.15) is 5.75 Å². The quantitative estimate of drug-likeness (QED) is 0.879. The third-order valence-corrected chi connectivity index (χ3v) is 4.04. The number of nitrogens with zero attached hydrogens (tertiary/aromatic N) is 1. The van der Waals surface area contributed by atoms with Crippen LogP contribution in [0.2, 0.25) is 0 Å². The number of hydrogen-bond donors (Lipinski definition) is 1. The molecule has 2 amide bonds. The Morgan fingerprint density at radius 3 is 2.16 bits per heavy atom. The van der Waals surface area contributed by atoms with Crippen LogP contribution in [0, 0.1) is 0 Å². The maximum absolute atomic E-state index is 12.6. The fraction of sp³-hybridized carbons (Fsp3) is 0.300. The van der Waals surface area contributed by atoms with E-state index in [0.29, 0.717) is 11.4 Å². The van der Waals surface area contributed by atoms with E-state index in [1.165, 1.54) is 4.90 Å². The molecule has 0 heterocycles. The summed E-state index contributed by atoms with van der Waals surface area (Å²) in [4.78, 5) is 25.6. The Labute approximate surface area is 148 Å². The Balaban J connectivity index is 1.99. The molecule has 0 atom stereocenters. The Bertz CT molecular complexity index is 722. The molecule has 0 unspecified atom stereocenters. The van der Waals surface area contributed by atoms with Crippen LogP contribution in [-0.4, -0.2) is 37.4 Å². The zero-order chi connectivity index (χ0) is 18.4. The van der Waals surface area contributed by atoms with E-state index in [-0.39, 0.29) is 18.4 Å². The SMILES string of the molecule is CN(C)C(=O)COc1ccc(NC(=O)C(C)(C)c2ccccc2)cc1. The molecule has 0 aliphatic heterocycles. The smallest absolute Gasteiger partial charge is 0.259 e. The van der Waals surface area contributed by atoms with Gasteiger partial charge in [0.15, 0.2) is 6.61 Å². The molecule has 25 heavy (non-hydrogen) atoms. The molecule has 2 aromatic rings. The topological polar surface area (TPSA) is 58.6 Å². The van der Waals surface area contributed by atoms with E-state index in [1.807, 2.05) is 44.2 Å². The predicted molar refractivity (Wildman–Crippen MR) is 98.7 cm³/mol. The van der Waals surface area contributed by atoms with Crippen LogP contribution in [0.4, 0.5) is 5.69 Å². The van der Waals surface area contributed by atoms with Gasteiger partial charge < -0.3 is 15.0 Å². The van der Waals surface area contributed by atoms with Crippen molar-refractivity contribution in [2.45, 2.75) is 19.3 Å². The van der Waals surface area contributed by atoms with Gasteiger partial charge in [-0.1, -0.05) is 30.3 Å². The Morgan fingerprint density at radius 1 is 1.00 bits per heavy atom. The van der Waals surface area contributed by atoms with Crippen LogP contribution in [-0.2, 0) is 15.0 Å². The summed E-state index contributed by atoms with van der Waals surface area (Å²) in [5.74, 6) is 0.382. The summed E-state index contributed by atoms with van der Waals surface area (Å²) >= 11 is 0. The largest absolute Gasteiger partial charge is 0.484 e. The second-order valence-electron chi connectivity index (χ2n) is 6.55. The molecular weight excluding hydrogens is 316 g/mol. The third kappa shape index (κ3) is 4.83. The fourth-order valence-electron chi connectivity index (χ4n) is 2.18. The molecule has 0 radical (unpaired) electrons. The van der Waals surface area contributed by atoms with Gasteiger partial charge in [-0.05, 0) is 43.7 Å². The highest BCUT2D eigenvalue weighted by Gasteiger charge is 2.29. The lowest BCUT2D eigenvalue weighted by atomic mass is 9.83. The summed E-state index contributed by atoms with van der Waals surface area (Å²) in [6, 6.07) is 16.6. The first-order chi connectivity index (χ1) is 11.8. The highest BCUT2D eigenvalue weighted by molar-refractivity contribution is 5.98. The van der Waals surface area contributed by atoms with Crippen molar-refractivity contribution in [3.63, 3.8) is 0 Å². The zero-order valence-electron chi connectivity index (χ0n) is 15.1. The molecule has 5 heteroatoms. The van der Waals surface area contributed by atoms with Gasteiger partial charge in [-0.3, -0.25) is 9.59 Å². The minimum absolute atomic E-state index is 0.0141. The third-order valence-electron chi connectivity index (χ3n) is 4.04. The molecule has 2 rings (SSSR count). The summed E-state index contributed by atoms with van der Waals surface area (Å²) in [5.41, 5.74) is 0.990. The van der Waals surface area contributed by atoms with Crippen LogP contribution in [0.5, 0.6) is 5.75 Å². The molecule has 0 saturated carbocycles. The van der Waals surface area contributed by atoms with Gasteiger partial charge in [-0.2, -0.15) is 0 Å². The van der Waals surface area contributed by atoms with E-state index in [0.717, 1.165) is 5.56 Å². The molecular formula is C20H24N2O3. The van der Waals surface area contributed by atoms with Crippen molar-refractivity contribution in [2.75, 3.05) is 26.0 Å². The predicted octanol–water partition coefficient (Wildman–Crippen LogP) is 3.07. The Kier molecular flexibility index (Phi) is 5.80. The van der Waals surface area contributed by atoms with Gasteiger partial charge in [-0.15, -0.1) is 0 Å². The lowest BCUT2D eigenvalue weighted by Crippen LogP contribution is -2.34. The molecule has 0 aliphatic carbocycles. The molecule has 0 bridgehead atoms. The van der Waals surface area contributed by atoms with Crippen LogP contribution in [0.3, 0.4) is 0 Å². The maximum Gasteiger partial charge on any atom is 0.259 e. The molecule has 2 aromatic carbocycles. The van der Waals surface area contributed by atoms with Gasteiger partial charge in [0.2, 0.25) is 5.91 Å². The maximum atomic E-state index is 12.6. The van der Waals surface area contributed by atoms with Crippen LogP contribution < -0.4 is 10.1 Å². The average Bonchev–Trinajstić information content (AvgIpc) is 2.61.